The third-order valence-electron chi connectivity index (χ3n) is 9.66. The summed E-state index contributed by atoms with van der Waals surface area (Å²) in [5, 5.41) is 0. The van der Waals surface area contributed by atoms with Gasteiger partial charge in [0.25, 0.3) is 20.2 Å². The first-order valence-corrected chi connectivity index (χ1v) is 19.6. The Morgan fingerprint density at radius 3 is 1.09 bits per heavy atom. The van der Waals surface area contributed by atoms with E-state index in [1.54, 1.807) is 0 Å². The summed E-state index contributed by atoms with van der Waals surface area (Å²) in [6.07, 6.45) is 0.987. The monoisotopic (exact) mass is 956 g/mol. The molecule has 5 heterocycles. The van der Waals surface area contributed by atoms with Crippen molar-refractivity contribution in [2.24, 2.45) is 0 Å². The van der Waals surface area contributed by atoms with E-state index in [0.29, 0.717) is 24.3 Å². The summed E-state index contributed by atoms with van der Waals surface area (Å²) in [7, 11) is -11.7. The van der Waals surface area contributed by atoms with E-state index in [1.807, 2.05) is 4.98 Å². The highest BCUT2D eigenvalue weighted by atomic mass is 32.2. The summed E-state index contributed by atoms with van der Waals surface area (Å²) in [4.78, 5) is 6.91. The molecule has 0 fully saturated rings. The smallest absolute Gasteiger partial charge is 0.296 e. The molecule has 8 bridgehead atoms. The van der Waals surface area contributed by atoms with Crippen molar-refractivity contribution in [3.63, 3.8) is 0 Å². The first-order chi connectivity index (χ1) is 29.8. The minimum atomic E-state index is -5.93. The lowest BCUT2D eigenvalue weighted by Crippen LogP contribution is -2.06. The molecular formula is C37H11F15N4O6S2. The average molecular weight is 957 g/mol. The molecular weight excluding hydrogens is 946 g/mol. The summed E-state index contributed by atoms with van der Waals surface area (Å²) in [5.41, 5.74) is -19.7. The fraction of sp³-hybridized carbons (Fsp3) is 0. The van der Waals surface area contributed by atoms with Crippen LogP contribution < -0.4 is 0 Å². The van der Waals surface area contributed by atoms with Crippen LogP contribution in [0.5, 0.6) is 0 Å². The van der Waals surface area contributed by atoms with E-state index < -0.39 is 195 Å². The molecule has 0 spiro atoms. The van der Waals surface area contributed by atoms with Crippen molar-refractivity contribution in [1.82, 2.24) is 19.9 Å². The van der Waals surface area contributed by atoms with Crippen LogP contribution in [0.25, 0.3) is 78.6 Å². The molecule has 1 aliphatic rings. The molecule has 332 valence electrons. The molecule has 0 radical (unpaired) electrons. The Kier molecular flexibility index (Phi) is 9.99. The summed E-state index contributed by atoms with van der Waals surface area (Å²) in [6, 6.07) is 1.55. The van der Waals surface area contributed by atoms with Crippen LogP contribution in [0.15, 0.2) is 34.1 Å². The molecule has 0 aliphatic carbocycles. The fourth-order valence-electron chi connectivity index (χ4n) is 6.93. The maximum atomic E-state index is 15.8. The number of rotatable bonds is 5. The van der Waals surface area contributed by atoms with Crippen molar-refractivity contribution in [3.8, 4) is 33.4 Å². The lowest BCUT2D eigenvalue weighted by Gasteiger charge is -2.11. The zero-order valence-corrected chi connectivity index (χ0v) is 31.6. The summed E-state index contributed by atoms with van der Waals surface area (Å²) in [6.45, 7) is 0. The SMILES string of the molecule is O=S(=O)(O)c1cc2[nH]c1c(-c1c(F)c(F)c(F)c(F)c1F)c1nc(c(-c3c(F)c(F)c(F)c(F)c3F)c3ccc([nH]3)c(-c3c(F)c(F)c(F)c(F)c3F)c3cc(S(=O)(=O)O)c2[nH]3)C=C1. The van der Waals surface area contributed by atoms with Gasteiger partial charge in [0.2, 0.25) is 17.5 Å². The lowest BCUT2D eigenvalue weighted by atomic mass is 10.0. The second-order valence-corrected chi connectivity index (χ2v) is 16.0. The summed E-state index contributed by atoms with van der Waals surface area (Å²) in [5.74, 6) is -40.5. The maximum Gasteiger partial charge on any atom is 0.296 e. The number of halogens is 15. The second-order valence-electron chi connectivity index (χ2n) is 13.3. The number of hydrogen-bond donors (Lipinski definition) is 5. The first kappa shape index (κ1) is 43.8. The van der Waals surface area contributed by atoms with Crippen LogP contribution in [0.4, 0.5) is 65.9 Å². The number of nitrogens with zero attached hydrogens (tertiary/aromatic N) is 1. The Hall–Kier alpha value is -6.84. The standard InChI is InChI=1S/C37H11F15N4O6S2/c38-21-18(22(39)28(45)33(50)27(21)44)15-7-1-2-9(53-7)16(19-23(40)29(46)34(51)30(47)24(19)41)11-5-13(63(57,58)59)36(55-11)12-6-14(64(60,61)62)37(56-12)17(10-4-3-8(15)54-10)20-25(42)31(48)35(52)32(49)26(20)43/h1-6,53,55-56H,(H,57,58,59)(H,60,61,62). The molecule has 0 saturated carbocycles. The molecule has 10 nitrogen and oxygen atoms in total. The predicted molar refractivity (Wildman–Crippen MR) is 190 cm³/mol. The summed E-state index contributed by atoms with van der Waals surface area (Å²) < 4.78 is 298. The third kappa shape index (κ3) is 6.39. The number of fused-ring (bicyclic) bond motifs is 9. The van der Waals surface area contributed by atoms with Gasteiger partial charge in [0, 0.05) is 27.7 Å². The molecule has 4 aromatic heterocycles. The van der Waals surface area contributed by atoms with Crippen molar-refractivity contribution >= 4 is 65.5 Å². The molecule has 64 heavy (non-hydrogen) atoms. The number of nitrogens with one attached hydrogen (secondary N) is 3. The molecule has 7 aromatic rings. The van der Waals surface area contributed by atoms with Crippen LogP contribution >= 0.6 is 0 Å². The highest BCUT2D eigenvalue weighted by molar-refractivity contribution is 7.86. The highest BCUT2D eigenvalue weighted by Gasteiger charge is 2.35. The molecule has 5 N–H and O–H groups in total. The quantitative estimate of drug-likeness (QED) is 0.0495. The van der Waals surface area contributed by atoms with Gasteiger partial charge in [-0.2, -0.15) is 16.8 Å². The van der Waals surface area contributed by atoms with Gasteiger partial charge in [0.15, 0.2) is 69.8 Å². The number of benzene rings is 3. The summed E-state index contributed by atoms with van der Waals surface area (Å²) >= 11 is 0. The lowest BCUT2D eigenvalue weighted by molar-refractivity contribution is 0.381. The first-order valence-electron chi connectivity index (χ1n) is 16.7. The zero-order chi connectivity index (χ0) is 47.0. The zero-order valence-electron chi connectivity index (χ0n) is 29.9. The van der Waals surface area contributed by atoms with E-state index >= 15 is 26.3 Å². The molecule has 3 aromatic carbocycles. The number of aromatic amines is 3. The maximum absolute atomic E-state index is 15.8. The van der Waals surface area contributed by atoms with E-state index in [2.05, 4.69) is 15.0 Å². The Bertz CT molecular complexity index is 3610. The van der Waals surface area contributed by atoms with Crippen molar-refractivity contribution in [1.29, 1.82) is 0 Å². The third-order valence-corrected chi connectivity index (χ3v) is 11.4. The Labute approximate surface area is 342 Å². The minimum absolute atomic E-state index is 0.175. The second kappa shape index (κ2) is 14.6. The van der Waals surface area contributed by atoms with E-state index in [1.165, 1.54) is 0 Å². The van der Waals surface area contributed by atoms with Crippen LogP contribution in [0.3, 0.4) is 0 Å². The van der Waals surface area contributed by atoms with Gasteiger partial charge in [0.1, 0.15) is 9.79 Å². The van der Waals surface area contributed by atoms with Gasteiger partial charge in [0.05, 0.1) is 50.1 Å². The van der Waals surface area contributed by atoms with Gasteiger partial charge >= 0.3 is 0 Å². The molecule has 1 aliphatic heterocycles. The fourth-order valence-corrected chi connectivity index (χ4v) is 8.29. The van der Waals surface area contributed by atoms with Crippen LogP contribution in [-0.4, -0.2) is 45.9 Å². The Morgan fingerprint density at radius 1 is 0.359 bits per heavy atom. The van der Waals surface area contributed by atoms with Crippen molar-refractivity contribution in [2.75, 3.05) is 0 Å². The van der Waals surface area contributed by atoms with E-state index in [-0.39, 0.29) is 12.1 Å². The van der Waals surface area contributed by atoms with E-state index in [9.17, 15) is 65.5 Å². The van der Waals surface area contributed by atoms with Crippen molar-refractivity contribution in [3.05, 3.63) is 123 Å². The van der Waals surface area contributed by atoms with E-state index in [4.69, 9.17) is 0 Å². The highest BCUT2D eigenvalue weighted by Crippen LogP contribution is 2.44. The van der Waals surface area contributed by atoms with Gasteiger partial charge in [-0.05, 0) is 36.4 Å². The number of aromatic nitrogens is 4. The molecule has 0 atom stereocenters. The molecule has 0 amide bonds. The van der Waals surface area contributed by atoms with Gasteiger partial charge < -0.3 is 15.0 Å². The molecule has 27 heteroatoms. The Morgan fingerprint density at radius 2 is 0.672 bits per heavy atom. The molecule has 8 rings (SSSR count). The van der Waals surface area contributed by atoms with Gasteiger partial charge in [-0.3, -0.25) is 9.11 Å². The van der Waals surface area contributed by atoms with E-state index in [0.717, 1.165) is 0 Å². The number of hydrogen-bond acceptors (Lipinski definition) is 5. The van der Waals surface area contributed by atoms with Crippen molar-refractivity contribution in [2.45, 2.75) is 9.79 Å². The van der Waals surface area contributed by atoms with Gasteiger partial charge in [-0.25, -0.2) is 70.8 Å². The average Bonchev–Trinajstić information content (AvgIpc) is 4.07. The van der Waals surface area contributed by atoms with Gasteiger partial charge in [-0.15, -0.1) is 0 Å². The Balaban J connectivity index is 1.78. The minimum Gasteiger partial charge on any atom is -0.354 e. The molecule has 0 unspecified atom stereocenters. The van der Waals surface area contributed by atoms with Crippen LogP contribution in [0.2, 0.25) is 0 Å². The van der Waals surface area contributed by atoms with Crippen LogP contribution in [0.1, 0.15) is 11.4 Å². The largest absolute Gasteiger partial charge is 0.354 e. The van der Waals surface area contributed by atoms with Crippen molar-refractivity contribution < 1.29 is 91.8 Å². The van der Waals surface area contributed by atoms with Gasteiger partial charge in [-0.1, -0.05) is 0 Å². The van der Waals surface area contributed by atoms with Crippen LogP contribution in [0, 0.1) is 87.3 Å². The normalized spacial score (nSPS) is 12.6. The topological polar surface area (TPSA) is 169 Å². The predicted octanol–water partition coefficient (Wildman–Crippen LogP) is 10.3. The molecule has 0 saturated heterocycles. The number of H-pyrrole nitrogens is 3. The van der Waals surface area contributed by atoms with Crippen LogP contribution in [-0.2, 0) is 20.2 Å².